The Bertz CT molecular complexity index is 2620. The third-order valence-electron chi connectivity index (χ3n) is 10.2. The van der Waals surface area contributed by atoms with E-state index in [0.29, 0.717) is 0 Å². The number of furan rings is 2. The molecule has 0 spiro atoms. The maximum atomic E-state index is 6.38. The van der Waals surface area contributed by atoms with Gasteiger partial charge in [-0.05, 0) is 83.6 Å². The second kappa shape index (κ2) is 12.1. The van der Waals surface area contributed by atoms with Gasteiger partial charge in [-0.3, -0.25) is 0 Å². The van der Waals surface area contributed by atoms with Gasteiger partial charge in [0.05, 0.1) is 0 Å². The summed E-state index contributed by atoms with van der Waals surface area (Å²) in [6.07, 6.45) is 8.79. The first-order valence-corrected chi connectivity index (χ1v) is 17.6. The van der Waals surface area contributed by atoms with Crippen molar-refractivity contribution < 1.29 is 8.83 Å². The van der Waals surface area contributed by atoms with Gasteiger partial charge in [0.2, 0.25) is 0 Å². The molecule has 0 aliphatic heterocycles. The normalized spacial score (nSPS) is 13.0. The molecule has 51 heavy (non-hydrogen) atoms. The number of nitrogens with zero attached hydrogens (tertiary/aromatic N) is 1. The predicted molar refractivity (Wildman–Crippen MR) is 213 cm³/mol. The van der Waals surface area contributed by atoms with Crippen LogP contribution in [0.5, 0.6) is 0 Å². The molecular weight excluding hydrogens is 623 g/mol. The first kappa shape index (κ1) is 29.3. The van der Waals surface area contributed by atoms with Gasteiger partial charge < -0.3 is 13.7 Å². The summed E-state index contributed by atoms with van der Waals surface area (Å²) in [5.74, 6) is 0. The van der Waals surface area contributed by atoms with Gasteiger partial charge in [0, 0.05) is 49.7 Å². The van der Waals surface area contributed by atoms with Gasteiger partial charge in [-0.15, -0.1) is 0 Å². The molecule has 0 bridgehead atoms. The minimum Gasteiger partial charge on any atom is -0.455 e. The van der Waals surface area contributed by atoms with E-state index in [-0.39, 0.29) is 0 Å². The van der Waals surface area contributed by atoms with Crippen molar-refractivity contribution in [3.63, 3.8) is 0 Å². The van der Waals surface area contributed by atoms with Crippen LogP contribution in [0, 0.1) is 0 Å². The van der Waals surface area contributed by atoms with E-state index in [1.54, 1.807) is 0 Å². The number of anilines is 3. The van der Waals surface area contributed by atoms with Crippen molar-refractivity contribution in [3.8, 4) is 22.3 Å². The van der Waals surface area contributed by atoms with Crippen LogP contribution < -0.4 is 4.90 Å². The lowest BCUT2D eigenvalue weighted by Gasteiger charge is -2.26. The average Bonchev–Trinajstić information content (AvgIpc) is 3.78. The van der Waals surface area contributed by atoms with E-state index in [9.17, 15) is 0 Å². The van der Waals surface area contributed by atoms with Crippen molar-refractivity contribution in [3.05, 3.63) is 182 Å². The van der Waals surface area contributed by atoms with Gasteiger partial charge >= 0.3 is 0 Å². The Balaban J connectivity index is 1.05. The van der Waals surface area contributed by atoms with E-state index in [1.165, 1.54) is 11.1 Å². The van der Waals surface area contributed by atoms with Gasteiger partial charge in [0.15, 0.2) is 0 Å². The second-order valence-electron chi connectivity index (χ2n) is 13.2. The Morgan fingerprint density at radius 3 is 1.33 bits per heavy atom. The standard InChI is InChI=1S/C48H33NO2/c1-2-10-32(11-3-1)33-20-26-36(27-21-33)49(37-28-22-34(23-29-37)39-14-8-16-43-41-12-4-6-18-45(41)50-47(39)43)38-30-24-35(25-31-38)40-15-9-17-44-42-13-5-7-19-46(42)51-48(40)44/h1-2,4-10,12-31H,3,11H2. The number of fused-ring (bicyclic) bond motifs is 6. The van der Waals surface area contributed by atoms with Crippen molar-refractivity contribution >= 4 is 66.5 Å². The molecule has 0 N–H and O–H groups in total. The SMILES string of the molecule is C1=CCCC(c2ccc(N(c3ccc(-c4cccc5c4oc4ccccc45)cc3)c3ccc(-c4cccc5c4oc4ccccc45)cc3)cc2)=C1. The molecule has 7 aromatic carbocycles. The summed E-state index contributed by atoms with van der Waals surface area (Å²) in [5, 5.41) is 4.55. The minimum atomic E-state index is 0.909. The minimum absolute atomic E-state index is 0.909. The number of benzene rings is 7. The highest BCUT2D eigenvalue weighted by atomic mass is 16.3. The van der Waals surface area contributed by atoms with Crippen LogP contribution in [0.2, 0.25) is 0 Å². The zero-order valence-corrected chi connectivity index (χ0v) is 27.9. The first-order valence-electron chi connectivity index (χ1n) is 17.6. The van der Waals surface area contributed by atoms with Gasteiger partial charge in [-0.25, -0.2) is 0 Å². The topological polar surface area (TPSA) is 29.5 Å². The van der Waals surface area contributed by atoms with Crippen molar-refractivity contribution in [2.24, 2.45) is 0 Å². The highest BCUT2D eigenvalue weighted by molar-refractivity contribution is 6.10. The molecule has 3 heteroatoms. The van der Waals surface area contributed by atoms with Crippen LogP contribution in [0.25, 0.3) is 71.7 Å². The predicted octanol–water partition coefficient (Wildman–Crippen LogP) is 14.0. The van der Waals surface area contributed by atoms with Gasteiger partial charge in [0.25, 0.3) is 0 Å². The molecule has 0 unspecified atom stereocenters. The lowest BCUT2D eigenvalue weighted by atomic mass is 9.97. The molecule has 9 aromatic rings. The van der Waals surface area contributed by atoms with Crippen molar-refractivity contribution in [2.45, 2.75) is 12.8 Å². The molecular formula is C48H33NO2. The molecule has 1 aliphatic carbocycles. The van der Waals surface area contributed by atoms with Crippen LogP contribution in [0.1, 0.15) is 18.4 Å². The molecule has 0 amide bonds. The summed E-state index contributed by atoms with van der Waals surface area (Å²) in [5.41, 5.74) is 14.0. The summed E-state index contributed by atoms with van der Waals surface area (Å²) < 4.78 is 12.8. The van der Waals surface area contributed by atoms with Crippen LogP contribution in [0.4, 0.5) is 17.1 Å². The number of hydrogen-bond acceptors (Lipinski definition) is 3. The molecule has 3 nitrogen and oxygen atoms in total. The average molecular weight is 656 g/mol. The molecule has 10 rings (SSSR count). The third kappa shape index (κ3) is 5.05. The number of hydrogen-bond donors (Lipinski definition) is 0. The molecule has 0 atom stereocenters. The van der Waals surface area contributed by atoms with E-state index >= 15 is 0 Å². The number of allylic oxidation sites excluding steroid dienone is 4. The zero-order valence-electron chi connectivity index (χ0n) is 27.9. The summed E-state index contributed by atoms with van der Waals surface area (Å²) in [6, 6.07) is 55.9. The summed E-state index contributed by atoms with van der Waals surface area (Å²) in [4.78, 5) is 2.33. The fourth-order valence-electron chi connectivity index (χ4n) is 7.64. The summed E-state index contributed by atoms with van der Waals surface area (Å²) in [7, 11) is 0. The Hall–Kier alpha value is -6.58. The van der Waals surface area contributed by atoms with Crippen LogP contribution in [-0.4, -0.2) is 0 Å². The number of para-hydroxylation sites is 4. The fraction of sp³-hybridized carbons (Fsp3) is 0.0417. The molecule has 0 saturated heterocycles. The van der Waals surface area contributed by atoms with E-state index in [2.05, 4.69) is 157 Å². The largest absolute Gasteiger partial charge is 0.455 e. The Morgan fingerprint density at radius 2 is 0.863 bits per heavy atom. The van der Waals surface area contributed by atoms with E-state index in [0.717, 1.165) is 96.0 Å². The molecule has 2 heterocycles. The summed E-state index contributed by atoms with van der Waals surface area (Å²) in [6.45, 7) is 0. The van der Waals surface area contributed by atoms with E-state index in [4.69, 9.17) is 8.83 Å². The van der Waals surface area contributed by atoms with Crippen LogP contribution in [-0.2, 0) is 0 Å². The maximum absolute atomic E-state index is 6.38. The molecule has 0 fully saturated rings. The van der Waals surface area contributed by atoms with E-state index < -0.39 is 0 Å². The highest BCUT2D eigenvalue weighted by Crippen LogP contribution is 2.41. The molecule has 0 saturated carbocycles. The molecule has 2 aromatic heterocycles. The fourth-order valence-corrected chi connectivity index (χ4v) is 7.64. The zero-order chi connectivity index (χ0) is 33.7. The Kier molecular flexibility index (Phi) is 6.95. The lowest BCUT2D eigenvalue weighted by molar-refractivity contribution is 0.669. The quantitative estimate of drug-likeness (QED) is 0.179. The van der Waals surface area contributed by atoms with E-state index in [1.807, 2.05) is 24.3 Å². The molecule has 1 aliphatic rings. The smallest absolute Gasteiger partial charge is 0.143 e. The first-order chi connectivity index (χ1) is 25.3. The lowest BCUT2D eigenvalue weighted by Crippen LogP contribution is -2.10. The van der Waals surface area contributed by atoms with Crippen molar-refractivity contribution in [1.82, 2.24) is 0 Å². The Morgan fingerprint density at radius 1 is 0.412 bits per heavy atom. The molecule has 0 radical (unpaired) electrons. The van der Waals surface area contributed by atoms with Crippen molar-refractivity contribution in [1.29, 1.82) is 0 Å². The van der Waals surface area contributed by atoms with Gasteiger partial charge in [-0.2, -0.15) is 0 Å². The third-order valence-corrected chi connectivity index (χ3v) is 10.2. The second-order valence-corrected chi connectivity index (χ2v) is 13.2. The maximum Gasteiger partial charge on any atom is 0.143 e. The molecule has 242 valence electrons. The van der Waals surface area contributed by atoms with Gasteiger partial charge in [0.1, 0.15) is 22.3 Å². The van der Waals surface area contributed by atoms with Gasteiger partial charge in [-0.1, -0.05) is 127 Å². The Labute approximate surface area is 296 Å². The van der Waals surface area contributed by atoms with Crippen LogP contribution in [0.15, 0.2) is 185 Å². The monoisotopic (exact) mass is 655 g/mol. The van der Waals surface area contributed by atoms with Crippen molar-refractivity contribution in [2.75, 3.05) is 4.90 Å². The number of rotatable bonds is 6. The van der Waals surface area contributed by atoms with Crippen LogP contribution in [0.3, 0.4) is 0 Å². The van der Waals surface area contributed by atoms with Crippen LogP contribution >= 0.6 is 0 Å². The highest BCUT2D eigenvalue weighted by Gasteiger charge is 2.17. The summed E-state index contributed by atoms with van der Waals surface area (Å²) >= 11 is 0.